The van der Waals surface area contributed by atoms with Gasteiger partial charge in [-0.15, -0.1) is 0 Å². The normalized spacial score (nSPS) is 17.1. The summed E-state index contributed by atoms with van der Waals surface area (Å²) in [5, 5.41) is 11.7. The molecule has 2 amide bonds. The fraction of sp³-hybridized carbons (Fsp3) is 0.562. The topological polar surface area (TPSA) is 99.9 Å². The van der Waals surface area contributed by atoms with E-state index in [9.17, 15) is 14.4 Å². The number of hydrogen-bond donors (Lipinski definition) is 2. The van der Waals surface area contributed by atoms with Gasteiger partial charge in [-0.2, -0.15) is 0 Å². The Bertz CT molecular complexity index is 559. The van der Waals surface area contributed by atoms with Gasteiger partial charge in [0.25, 0.3) is 5.91 Å². The van der Waals surface area contributed by atoms with Crippen LogP contribution in [0.15, 0.2) is 22.8 Å². The predicted molar refractivity (Wildman–Crippen MR) is 81.7 cm³/mol. The van der Waals surface area contributed by atoms with Gasteiger partial charge in [0.2, 0.25) is 5.91 Å². The number of piperidine rings is 1. The Labute approximate surface area is 134 Å². The van der Waals surface area contributed by atoms with Crippen LogP contribution in [0.2, 0.25) is 0 Å². The van der Waals surface area contributed by atoms with Crippen molar-refractivity contribution in [3.05, 3.63) is 24.2 Å². The summed E-state index contributed by atoms with van der Waals surface area (Å²) >= 11 is 0. The molecule has 1 aromatic heterocycles. The molecule has 1 atom stereocenters. The van der Waals surface area contributed by atoms with Crippen molar-refractivity contribution in [3.63, 3.8) is 0 Å². The van der Waals surface area contributed by atoms with E-state index in [0.29, 0.717) is 25.9 Å². The number of amides is 2. The number of nitrogens with zero attached hydrogens (tertiary/aromatic N) is 1. The van der Waals surface area contributed by atoms with E-state index < -0.39 is 23.8 Å². The van der Waals surface area contributed by atoms with Crippen molar-refractivity contribution in [2.45, 2.75) is 32.7 Å². The van der Waals surface area contributed by atoms with Crippen LogP contribution in [0.4, 0.5) is 0 Å². The molecule has 1 aliphatic heterocycles. The minimum absolute atomic E-state index is 0.0846. The van der Waals surface area contributed by atoms with Gasteiger partial charge < -0.3 is 19.7 Å². The summed E-state index contributed by atoms with van der Waals surface area (Å²) in [4.78, 5) is 37.4. The summed E-state index contributed by atoms with van der Waals surface area (Å²) in [7, 11) is 0. The van der Waals surface area contributed by atoms with Gasteiger partial charge in [0.15, 0.2) is 5.76 Å². The Kier molecular flexibility index (Phi) is 5.41. The summed E-state index contributed by atoms with van der Waals surface area (Å²) < 4.78 is 5.04. The van der Waals surface area contributed by atoms with Gasteiger partial charge in [0.05, 0.1) is 12.2 Å². The van der Waals surface area contributed by atoms with Crippen molar-refractivity contribution >= 4 is 17.8 Å². The van der Waals surface area contributed by atoms with Crippen LogP contribution in [0.25, 0.3) is 0 Å². The number of hydrogen-bond acceptors (Lipinski definition) is 4. The van der Waals surface area contributed by atoms with E-state index in [1.807, 2.05) is 13.8 Å². The fourth-order valence-corrected chi connectivity index (χ4v) is 2.68. The molecule has 7 heteroatoms. The van der Waals surface area contributed by atoms with Crippen molar-refractivity contribution in [1.82, 2.24) is 10.2 Å². The van der Waals surface area contributed by atoms with Gasteiger partial charge in [-0.1, -0.05) is 13.8 Å². The third-order valence-corrected chi connectivity index (χ3v) is 4.12. The zero-order valence-electron chi connectivity index (χ0n) is 13.3. The van der Waals surface area contributed by atoms with E-state index in [-0.39, 0.29) is 17.6 Å². The quantitative estimate of drug-likeness (QED) is 0.852. The Hall–Kier alpha value is -2.31. The summed E-state index contributed by atoms with van der Waals surface area (Å²) in [6.45, 7) is 4.51. The van der Waals surface area contributed by atoms with E-state index in [4.69, 9.17) is 9.52 Å². The first-order valence-corrected chi connectivity index (χ1v) is 7.76. The van der Waals surface area contributed by atoms with Crippen LogP contribution in [0, 0.1) is 11.8 Å². The highest BCUT2D eigenvalue weighted by molar-refractivity contribution is 5.95. The maximum absolute atomic E-state index is 12.7. The largest absolute Gasteiger partial charge is 0.481 e. The summed E-state index contributed by atoms with van der Waals surface area (Å²) in [5.74, 6) is -1.74. The monoisotopic (exact) mass is 322 g/mol. The Morgan fingerprint density at radius 3 is 2.43 bits per heavy atom. The number of furan rings is 1. The number of nitrogens with one attached hydrogen (secondary N) is 1. The molecular weight excluding hydrogens is 300 g/mol. The number of carbonyl (C=O) groups excluding carboxylic acids is 2. The van der Waals surface area contributed by atoms with Crippen molar-refractivity contribution < 1.29 is 23.9 Å². The van der Waals surface area contributed by atoms with Gasteiger partial charge >= 0.3 is 5.97 Å². The average molecular weight is 322 g/mol. The van der Waals surface area contributed by atoms with Gasteiger partial charge in [0.1, 0.15) is 6.04 Å². The molecule has 0 radical (unpaired) electrons. The molecule has 1 fully saturated rings. The highest BCUT2D eigenvalue weighted by Gasteiger charge is 2.33. The molecule has 1 aliphatic rings. The molecule has 7 nitrogen and oxygen atoms in total. The second-order valence-electron chi connectivity index (χ2n) is 6.11. The summed E-state index contributed by atoms with van der Waals surface area (Å²) in [5.41, 5.74) is 0. The van der Waals surface area contributed by atoms with Crippen molar-refractivity contribution in [2.75, 3.05) is 13.1 Å². The highest BCUT2D eigenvalue weighted by Crippen LogP contribution is 2.19. The van der Waals surface area contributed by atoms with Crippen LogP contribution in [-0.4, -0.2) is 46.9 Å². The zero-order chi connectivity index (χ0) is 17.0. The lowest BCUT2D eigenvalue weighted by atomic mass is 9.95. The van der Waals surface area contributed by atoms with Gasteiger partial charge in [-0.3, -0.25) is 14.4 Å². The number of aliphatic carboxylic acids is 1. The molecule has 1 unspecified atom stereocenters. The third-order valence-electron chi connectivity index (χ3n) is 4.12. The summed E-state index contributed by atoms with van der Waals surface area (Å²) in [6, 6.07) is 2.49. The Morgan fingerprint density at radius 2 is 1.96 bits per heavy atom. The number of carboxylic acids is 1. The molecule has 23 heavy (non-hydrogen) atoms. The van der Waals surface area contributed by atoms with Crippen LogP contribution >= 0.6 is 0 Å². The standard InChI is InChI=1S/C16H22N2O5/c1-10(2)13(17-14(19)12-4-3-9-23-12)15(20)18-7-5-11(6-8-18)16(21)22/h3-4,9-11,13H,5-8H2,1-2H3,(H,17,19)(H,21,22). The number of carboxylic acid groups (broad SMARTS) is 1. The van der Waals surface area contributed by atoms with E-state index in [1.165, 1.54) is 12.3 Å². The van der Waals surface area contributed by atoms with E-state index in [0.717, 1.165) is 0 Å². The predicted octanol–water partition coefficient (Wildman–Crippen LogP) is 1.36. The lowest BCUT2D eigenvalue weighted by molar-refractivity contribution is -0.146. The van der Waals surface area contributed by atoms with Crippen LogP contribution in [0.1, 0.15) is 37.2 Å². The van der Waals surface area contributed by atoms with Gasteiger partial charge in [-0.05, 0) is 30.9 Å². The van der Waals surface area contributed by atoms with Crippen molar-refractivity contribution in [1.29, 1.82) is 0 Å². The average Bonchev–Trinajstić information content (AvgIpc) is 3.06. The maximum Gasteiger partial charge on any atom is 0.306 e. The molecule has 0 bridgehead atoms. The third kappa shape index (κ3) is 4.12. The summed E-state index contributed by atoms with van der Waals surface area (Å²) in [6.07, 6.45) is 2.29. The smallest absolute Gasteiger partial charge is 0.306 e. The van der Waals surface area contributed by atoms with Crippen molar-refractivity contribution in [3.8, 4) is 0 Å². The molecule has 0 aliphatic carbocycles. The van der Waals surface area contributed by atoms with Crippen LogP contribution in [-0.2, 0) is 9.59 Å². The number of likely N-dealkylation sites (tertiary alicyclic amines) is 1. The molecule has 2 rings (SSSR count). The maximum atomic E-state index is 12.7. The van der Waals surface area contributed by atoms with Crippen LogP contribution in [0.5, 0.6) is 0 Å². The first kappa shape index (κ1) is 17.1. The molecular formula is C16H22N2O5. The molecule has 1 saturated heterocycles. The van der Waals surface area contributed by atoms with E-state index in [1.54, 1.807) is 11.0 Å². The van der Waals surface area contributed by atoms with E-state index >= 15 is 0 Å². The molecule has 0 aromatic carbocycles. The molecule has 1 aromatic rings. The first-order valence-electron chi connectivity index (χ1n) is 7.76. The lowest BCUT2D eigenvalue weighted by Gasteiger charge is -2.34. The fourth-order valence-electron chi connectivity index (χ4n) is 2.68. The molecule has 0 spiro atoms. The Morgan fingerprint density at radius 1 is 1.30 bits per heavy atom. The SMILES string of the molecule is CC(C)C(NC(=O)c1ccco1)C(=O)N1CCC(C(=O)O)CC1. The second-order valence-corrected chi connectivity index (χ2v) is 6.11. The van der Waals surface area contributed by atoms with Gasteiger partial charge in [-0.25, -0.2) is 0 Å². The lowest BCUT2D eigenvalue weighted by Crippen LogP contribution is -2.53. The zero-order valence-corrected chi connectivity index (χ0v) is 13.3. The first-order chi connectivity index (χ1) is 10.9. The van der Waals surface area contributed by atoms with Crippen molar-refractivity contribution in [2.24, 2.45) is 11.8 Å². The molecule has 2 heterocycles. The van der Waals surface area contributed by atoms with Gasteiger partial charge in [0, 0.05) is 13.1 Å². The van der Waals surface area contributed by atoms with Crippen LogP contribution < -0.4 is 5.32 Å². The number of carbonyl (C=O) groups is 3. The molecule has 0 saturated carbocycles. The highest BCUT2D eigenvalue weighted by atomic mass is 16.4. The molecule has 2 N–H and O–H groups in total. The number of rotatable bonds is 5. The Balaban J connectivity index is 1.99. The minimum Gasteiger partial charge on any atom is -0.481 e. The minimum atomic E-state index is -0.816. The second kappa shape index (κ2) is 7.30. The van der Waals surface area contributed by atoms with E-state index in [2.05, 4.69) is 5.32 Å². The van der Waals surface area contributed by atoms with Crippen LogP contribution in [0.3, 0.4) is 0 Å². The molecule has 126 valence electrons.